The summed E-state index contributed by atoms with van der Waals surface area (Å²) < 4.78 is 14.1. The molecule has 3 amide bonds. The fourth-order valence-corrected chi connectivity index (χ4v) is 2.86. The second-order valence-corrected chi connectivity index (χ2v) is 5.60. The molecule has 1 aromatic rings. The number of amides is 3. The molecule has 23 heavy (non-hydrogen) atoms. The van der Waals surface area contributed by atoms with Gasteiger partial charge in [-0.25, -0.2) is 9.18 Å². The molecule has 0 saturated carbocycles. The largest absolute Gasteiger partial charge is 0.336 e. The van der Waals surface area contributed by atoms with Crippen LogP contribution in [0.15, 0.2) is 18.2 Å². The first-order valence-electron chi connectivity index (χ1n) is 7.44. The topological polar surface area (TPSA) is 64.7 Å². The average Bonchev–Trinajstić information content (AvgIpc) is 2.94. The Balaban J connectivity index is 0.00000192. The van der Waals surface area contributed by atoms with E-state index in [1.165, 1.54) is 23.1 Å². The highest BCUT2D eigenvalue weighted by atomic mass is 35.5. The standard InChI is InChI=1S/C15H19FN4O2.ClH/c1-10-9-17-4-6-19(10)14(21)12-8-11(2-3-13(12)16)20-7-5-18-15(20)22;/h2-3,8,10,17H,4-7,9H2,1H3,(H,18,22);1H. The van der Waals surface area contributed by atoms with Crippen LogP contribution >= 0.6 is 12.4 Å². The summed E-state index contributed by atoms with van der Waals surface area (Å²) in [7, 11) is 0. The Morgan fingerprint density at radius 2 is 2.09 bits per heavy atom. The number of piperazine rings is 1. The van der Waals surface area contributed by atoms with Crippen molar-refractivity contribution < 1.29 is 14.0 Å². The van der Waals surface area contributed by atoms with Crippen molar-refractivity contribution in [3.05, 3.63) is 29.6 Å². The molecule has 126 valence electrons. The van der Waals surface area contributed by atoms with Crippen LogP contribution in [-0.2, 0) is 0 Å². The van der Waals surface area contributed by atoms with Gasteiger partial charge in [0.15, 0.2) is 0 Å². The monoisotopic (exact) mass is 342 g/mol. The molecule has 1 atom stereocenters. The zero-order chi connectivity index (χ0) is 15.7. The van der Waals surface area contributed by atoms with Crippen LogP contribution in [0.25, 0.3) is 0 Å². The van der Waals surface area contributed by atoms with Crippen molar-refractivity contribution in [1.29, 1.82) is 0 Å². The van der Waals surface area contributed by atoms with E-state index >= 15 is 0 Å². The number of nitrogens with one attached hydrogen (secondary N) is 2. The van der Waals surface area contributed by atoms with Crippen molar-refractivity contribution in [2.24, 2.45) is 0 Å². The molecule has 0 radical (unpaired) electrons. The van der Waals surface area contributed by atoms with E-state index in [2.05, 4.69) is 10.6 Å². The van der Waals surface area contributed by atoms with Crippen molar-refractivity contribution >= 4 is 30.0 Å². The lowest BCUT2D eigenvalue weighted by Gasteiger charge is -2.34. The lowest BCUT2D eigenvalue weighted by Crippen LogP contribution is -2.52. The number of hydrogen-bond donors (Lipinski definition) is 2. The summed E-state index contributed by atoms with van der Waals surface area (Å²) in [5.41, 5.74) is 0.563. The Hall–Kier alpha value is -1.86. The first kappa shape index (κ1) is 17.5. The van der Waals surface area contributed by atoms with Gasteiger partial charge >= 0.3 is 6.03 Å². The van der Waals surface area contributed by atoms with Crippen LogP contribution in [0.3, 0.4) is 0 Å². The van der Waals surface area contributed by atoms with Crippen LogP contribution in [0, 0.1) is 5.82 Å². The van der Waals surface area contributed by atoms with Gasteiger partial charge in [-0.05, 0) is 25.1 Å². The molecule has 0 spiro atoms. The van der Waals surface area contributed by atoms with E-state index in [-0.39, 0.29) is 36.0 Å². The molecule has 2 aliphatic heterocycles. The van der Waals surface area contributed by atoms with Gasteiger partial charge in [0.2, 0.25) is 0 Å². The van der Waals surface area contributed by atoms with E-state index in [4.69, 9.17) is 0 Å². The summed E-state index contributed by atoms with van der Waals surface area (Å²) in [6.07, 6.45) is 0. The maximum Gasteiger partial charge on any atom is 0.321 e. The molecule has 3 rings (SSSR count). The number of carbonyl (C=O) groups excluding carboxylic acids is 2. The van der Waals surface area contributed by atoms with Gasteiger partial charge in [-0.1, -0.05) is 0 Å². The summed E-state index contributed by atoms with van der Waals surface area (Å²) in [4.78, 5) is 27.5. The molecule has 2 N–H and O–H groups in total. The molecule has 1 aromatic carbocycles. The summed E-state index contributed by atoms with van der Waals surface area (Å²) >= 11 is 0. The molecule has 0 aromatic heterocycles. The lowest BCUT2D eigenvalue weighted by atomic mass is 10.1. The molecule has 2 fully saturated rings. The van der Waals surface area contributed by atoms with E-state index < -0.39 is 5.82 Å². The van der Waals surface area contributed by atoms with Crippen molar-refractivity contribution in [3.8, 4) is 0 Å². The van der Waals surface area contributed by atoms with Gasteiger partial charge in [0.25, 0.3) is 5.91 Å². The van der Waals surface area contributed by atoms with Crippen molar-refractivity contribution in [1.82, 2.24) is 15.5 Å². The summed E-state index contributed by atoms with van der Waals surface area (Å²) in [5, 5.41) is 5.89. The zero-order valence-electron chi connectivity index (χ0n) is 12.8. The number of rotatable bonds is 2. The Labute approximate surface area is 140 Å². The predicted molar refractivity (Wildman–Crippen MR) is 87.8 cm³/mol. The van der Waals surface area contributed by atoms with Gasteiger partial charge in [0.05, 0.1) is 5.56 Å². The normalized spacial score (nSPS) is 21.0. The number of hydrogen-bond acceptors (Lipinski definition) is 3. The Morgan fingerprint density at radius 1 is 1.30 bits per heavy atom. The SMILES string of the molecule is CC1CNCCN1C(=O)c1cc(N2CCNC2=O)ccc1F.Cl. The van der Waals surface area contributed by atoms with E-state index in [1.807, 2.05) is 6.92 Å². The first-order valence-corrected chi connectivity index (χ1v) is 7.44. The summed E-state index contributed by atoms with van der Waals surface area (Å²) in [5.74, 6) is -0.882. The van der Waals surface area contributed by atoms with Crippen LogP contribution in [0.2, 0.25) is 0 Å². The van der Waals surface area contributed by atoms with Gasteiger partial charge in [-0.3, -0.25) is 9.69 Å². The zero-order valence-corrected chi connectivity index (χ0v) is 13.7. The molecule has 2 saturated heterocycles. The fourth-order valence-electron chi connectivity index (χ4n) is 2.86. The smallest absolute Gasteiger partial charge is 0.321 e. The fraction of sp³-hybridized carbons (Fsp3) is 0.467. The number of halogens is 2. The van der Waals surface area contributed by atoms with Gasteiger partial charge in [-0.15, -0.1) is 12.4 Å². The maximum atomic E-state index is 14.1. The van der Waals surface area contributed by atoms with Gasteiger partial charge in [0, 0.05) is 44.5 Å². The second-order valence-electron chi connectivity index (χ2n) is 5.60. The minimum absolute atomic E-state index is 0. The third-order valence-corrected chi connectivity index (χ3v) is 4.11. The van der Waals surface area contributed by atoms with Crippen LogP contribution < -0.4 is 15.5 Å². The highest BCUT2D eigenvalue weighted by Gasteiger charge is 2.28. The number of anilines is 1. The molecular weight excluding hydrogens is 323 g/mol. The van der Waals surface area contributed by atoms with Crippen LogP contribution in [0.1, 0.15) is 17.3 Å². The number of benzene rings is 1. The molecular formula is C15H20ClFN4O2. The molecule has 8 heteroatoms. The Morgan fingerprint density at radius 3 is 2.74 bits per heavy atom. The van der Waals surface area contributed by atoms with Crippen molar-refractivity contribution in [2.75, 3.05) is 37.6 Å². The van der Waals surface area contributed by atoms with Gasteiger partial charge in [0.1, 0.15) is 5.82 Å². The molecule has 0 aliphatic carbocycles. The van der Waals surface area contributed by atoms with E-state index in [9.17, 15) is 14.0 Å². The quantitative estimate of drug-likeness (QED) is 0.849. The van der Waals surface area contributed by atoms with Gasteiger partial charge in [-0.2, -0.15) is 0 Å². The van der Waals surface area contributed by atoms with Crippen LogP contribution in [-0.4, -0.2) is 55.6 Å². The molecule has 2 heterocycles. The second kappa shape index (κ2) is 7.14. The van der Waals surface area contributed by atoms with Crippen molar-refractivity contribution in [2.45, 2.75) is 13.0 Å². The first-order chi connectivity index (χ1) is 10.6. The Bertz CT molecular complexity index is 613. The predicted octanol–water partition coefficient (Wildman–Crippen LogP) is 1.21. The number of urea groups is 1. The number of carbonyl (C=O) groups is 2. The highest BCUT2D eigenvalue weighted by Crippen LogP contribution is 2.22. The molecule has 1 unspecified atom stereocenters. The third-order valence-electron chi connectivity index (χ3n) is 4.11. The van der Waals surface area contributed by atoms with Gasteiger partial charge < -0.3 is 15.5 Å². The van der Waals surface area contributed by atoms with E-state index in [0.29, 0.717) is 38.4 Å². The lowest BCUT2D eigenvalue weighted by molar-refractivity contribution is 0.0651. The van der Waals surface area contributed by atoms with Crippen LogP contribution in [0.4, 0.5) is 14.9 Å². The van der Waals surface area contributed by atoms with Crippen LogP contribution in [0.5, 0.6) is 0 Å². The van der Waals surface area contributed by atoms with E-state index in [0.717, 1.165) is 0 Å². The van der Waals surface area contributed by atoms with Crippen molar-refractivity contribution in [3.63, 3.8) is 0 Å². The molecule has 2 aliphatic rings. The summed E-state index contributed by atoms with van der Waals surface area (Å²) in [6.45, 7) is 4.94. The minimum Gasteiger partial charge on any atom is -0.336 e. The third kappa shape index (κ3) is 3.40. The number of nitrogens with zero attached hydrogens (tertiary/aromatic N) is 2. The highest BCUT2D eigenvalue weighted by molar-refractivity contribution is 5.98. The molecule has 6 nitrogen and oxygen atoms in total. The van der Waals surface area contributed by atoms with E-state index in [1.54, 1.807) is 4.90 Å². The minimum atomic E-state index is -0.556. The Kier molecular flexibility index (Phi) is 5.43. The molecule has 0 bridgehead atoms. The average molecular weight is 343 g/mol. The summed E-state index contributed by atoms with van der Waals surface area (Å²) in [6, 6.07) is 4.04. The maximum absolute atomic E-state index is 14.1.